The topological polar surface area (TPSA) is 76.0 Å². The highest BCUT2D eigenvalue weighted by Gasteiger charge is 2.35. The molecular formula is C20H23N5O. The summed E-state index contributed by atoms with van der Waals surface area (Å²) >= 11 is 0. The molecule has 6 heteroatoms. The number of carbonyl (C=O) groups is 1. The summed E-state index contributed by atoms with van der Waals surface area (Å²) in [5, 5.41) is 8.88. The van der Waals surface area contributed by atoms with Crippen LogP contribution in [0.5, 0.6) is 0 Å². The molecule has 0 aliphatic carbocycles. The number of rotatable bonds is 3. The predicted octanol–water partition coefficient (Wildman–Crippen LogP) is 2.86. The van der Waals surface area contributed by atoms with Gasteiger partial charge in [-0.2, -0.15) is 5.26 Å². The summed E-state index contributed by atoms with van der Waals surface area (Å²) in [4.78, 5) is 25.0. The number of H-pyrrole nitrogens is 1. The fraction of sp³-hybridized carbons (Fsp3) is 0.450. The lowest BCUT2D eigenvalue weighted by atomic mass is 9.94. The number of likely N-dealkylation sites (tertiary alicyclic amines) is 1. The molecule has 0 radical (unpaired) electrons. The van der Waals surface area contributed by atoms with Gasteiger partial charge in [0.2, 0.25) is 5.91 Å². The molecule has 2 saturated heterocycles. The summed E-state index contributed by atoms with van der Waals surface area (Å²) in [6, 6.07) is 10.1. The van der Waals surface area contributed by atoms with E-state index < -0.39 is 0 Å². The van der Waals surface area contributed by atoms with E-state index in [4.69, 9.17) is 5.26 Å². The number of aromatic amines is 1. The van der Waals surface area contributed by atoms with Crippen molar-refractivity contribution in [2.45, 2.75) is 31.7 Å². The first-order chi connectivity index (χ1) is 12.8. The van der Waals surface area contributed by atoms with E-state index in [9.17, 15) is 4.79 Å². The Morgan fingerprint density at radius 1 is 1.19 bits per heavy atom. The Morgan fingerprint density at radius 3 is 2.69 bits per heavy atom. The van der Waals surface area contributed by atoms with E-state index in [1.165, 1.54) is 0 Å². The third-order valence-corrected chi connectivity index (χ3v) is 5.56. The van der Waals surface area contributed by atoms with Gasteiger partial charge in [0.15, 0.2) is 0 Å². The summed E-state index contributed by atoms with van der Waals surface area (Å²) < 4.78 is 0. The average Bonchev–Trinajstić information content (AvgIpc) is 3.39. The second-order valence-corrected chi connectivity index (χ2v) is 7.09. The van der Waals surface area contributed by atoms with Crippen LogP contribution in [0.15, 0.2) is 36.7 Å². The largest absolute Gasteiger partial charge is 0.363 e. The van der Waals surface area contributed by atoms with Crippen LogP contribution in [0.1, 0.15) is 43.0 Å². The van der Waals surface area contributed by atoms with Gasteiger partial charge in [0.05, 0.1) is 11.6 Å². The molecule has 6 nitrogen and oxygen atoms in total. The number of nitrogens with one attached hydrogen (secondary N) is 1. The molecule has 2 aliphatic heterocycles. The fourth-order valence-electron chi connectivity index (χ4n) is 4.13. The van der Waals surface area contributed by atoms with Crippen LogP contribution in [0, 0.1) is 17.2 Å². The molecule has 134 valence electrons. The van der Waals surface area contributed by atoms with E-state index in [0.717, 1.165) is 56.8 Å². The maximum atomic E-state index is 13.1. The second kappa shape index (κ2) is 7.20. The predicted molar refractivity (Wildman–Crippen MR) is 98.4 cm³/mol. The first kappa shape index (κ1) is 16.6. The molecule has 4 heterocycles. The van der Waals surface area contributed by atoms with Crippen LogP contribution in [-0.2, 0) is 4.79 Å². The minimum absolute atomic E-state index is 0.0974. The van der Waals surface area contributed by atoms with Crippen molar-refractivity contribution < 1.29 is 4.79 Å². The third-order valence-electron chi connectivity index (χ3n) is 5.56. The zero-order valence-electron chi connectivity index (χ0n) is 14.8. The molecule has 1 amide bonds. The Balaban J connectivity index is 1.38. The van der Waals surface area contributed by atoms with Crippen LogP contribution in [-0.4, -0.2) is 40.4 Å². The molecule has 0 aromatic carbocycles. The van der Waals surface area contributed by atoms with Gasteiger partial charge in [0.25, 0.3) is 0 Å². The van der Waals surface area contributed by atoms with E-state index >= 15 is 0 Å². The minimum Gasteiger partial charge on any atom is -0.363 e. The van der Waals surface area contributed by atoms with E-state index in [1.807, 2.05) is 18.3 Å². The number of amides is 1. The van der Waals surface area contributed by atoms with Crippen molar-refractivity contribution in [3.05, 3.63) is 47.9 Å². The molecule has 0 unspecified atom stereocenters. The highest BCUT2D eigenvalue weighted by atomic mass is 16.2. The average molecular weight is 349 g/mol. The van der Waals surface area contributed by atoms with Gasteiger partial charge < -0.3 is 14.8 Å². The number of hydrogen-bond donors (Lipinski definition) is 1. The van der Waals surface area contributed by atoms with Crippen molar-refractivity contribution >= 4 is 11.7 Å². The number of anilines is 1. The lowest BCUT2D eigenvalue weighted by Crippen LogP contribution is -2.42. The van der Waals surface area contributed by atoms with Crippen molar-refractivity contribution in [2.75, 3.05) is 24.5 Å². The first-order valence-corrected chi connectivity index (χ1v) is 9.31. The molecule has 1 N–H and O–H groups in total. The van der Waals surface area contributed by atoms with Crippen LogP contribution in [0.25, 0.3) is 0 Å². The number of nitrogens with zero attached hydrogens (tertiary/aromatic N) is 4. The van der Waals surface area contributed by atoms with Gasteiger partial charge in [-0.3, -0.25) is 4.79 Å². The lowest BCUT2D eigenvalue weighted by Gasteiger charge is -2.35. The molecule has 4 rings (SSSR count). The monoisotopic (exact) mass is 349 g/mol. The molecule has 2 aliphatic rings. The van der Waals surface area contributed by atoms with Crippen molar-refractivity contribution in [3.63, 3.8) is 0 Å². The summed E-state index contributed by atoms with van der Waals surface area (Å²) in [7, 11) is 0. The Kier molecular flexibility index (Phi) is 4.61. The maximum Gasteiger partial charge on any atom is 0.226 e. The lowest BCUT2D eigenvalue weighted by molar-refractivity contribution is -0.137. The number of pyridine rings is 1. The number of piperidine rings is 1. The summed E-state index contributed by atoms with van der Waals surface area (Å²) in [6.45, 7) is 2.52. The molecule has 0 bridgehead atoms. The number of aromatic nitrogens is 2. The van der Waals surface area contributed by atoms with Crippen LogP contribution < -0.4 is 4.90 Å². The highest BCUT2D eigenvalue weighted by molar-refractivity contribution is 5.80. The Morgan fingerprint density at radius 2 is 2.04 bits per heavy atom. The van der Waals surface area contributed by atoms with Crippen molar-refractivity contribution in [1.29, 1.82) is 5.26 Å². The molecule has 0 saturated carbocycles. The number of carbonyl (C=O) groups excluding carboxylic acids is 1. The van der Waals surface area contributed by atoms with Crippen molar-refractivity contribution in [1.82, 2.24) is 14.9 Å². The first-order valence-electron chi connectivity index (χ1n) is 9.31. The van der Waals surface area contributed by atoms with Gasteiger partial charge in [0, 0.05) is 43.6 Å². The molecular weight excluding hydrogens is 326 g/mol. The molecule has 2 aromatic heterocycles. The Hall–Kier alpha value is -2.81. The number of nitriles is 1. The molecule has 26 heavy (non-hydrogen) atoms. The van der Waals surface area contributed by atoms with Crippen molar-refractivity contribution in [3.8, 4) is 6.07 Å². The molecule has 0 spiro atoms. The van der Waals surface area contributed by atoms with Gasteiger partial charge in [0.1, 0.15) is 11.9 Å². The van der Waals surface area contributed by atoms with Crippen LogP contribution in [0.3, 0.4) is 0 Å². The van der Waals surface area contributed by atoms with Gasteiger partial charge >= 0.3 is 0 Å². The van der Waals surface area contributed by atoms with Crippen LogP contribution in [0.2, 0.25) is 0 Å². The van der Waals surface area contributed by atoms with E-state index in [2.05, 4.69) is 31.9 Å². The van der Waals surface area contributed by atoms with Crippen molar-refractivity contribution in [2.24, 2.45) is 5.92 Å². The normalized spacial score (nSPS) is 21.0. The second-order valence-electron chi connectivity index (χ2n) is 7.09. The molecule has 2 aromatic rings. The minimum atomic E-state index is 0.0974. The van der Waals surface area contributed by atoms with E-state index in [1.54, 1.807) is 12.3 Å². The standard InChI is InChI=1S/C20H23N5O/c21-13-15-5-6-19(23-14-15)24-11-7-16(8-12-24)20(26)25-10-2-4-18(25)17-3-1-9-22-17/h1,3,5-6,9,14,16,18,22H,2,4,7-8,10-12H2/t18-/m0/s1. The SMILES string of the molecule is N#Cc1ccc(N2CCC(C(=O)N3CCC[C@H]3c3ccc[nH]3)CC2)nc1. The Labute approximate surface area is 153 Å². The zero-order valence-corrected chi connectivity index (χ0v) is 14.8. The maximum absolute atomic E-state index is 13.1. The van der Waals surface area contributed by atoms with E-state index in [0.29, 0.717) is 11.5 Å². The summed E-state index contributed by atoms with van der Waals surface area (Å²) in [5.74, 6) is 1.29. The number of hydrogen-bond acceptors (Lipinski definition) is 4. The highest BCUT2D eigenvalue weighted by Crippen LogP contribution is 2.34. The quantitative estimate of drug-likeness (QED) is 0.924. The van der Waals surface area contributed by atoms with Crippen LogP contribution >= 0.6 is 0 Å². The molecule has 1 atom stereocenters. The van der Waals surface area contributed by atoms with Gasteiger partial charge in [-0.05, 0) is 49.9 Å². The fourth-order valence-corrected chi connectivity index (χ4v) is 4.13. The zero-order chi connectivity index (χ0) is 17.9. The van der Waals surface area contributed by atoms with Gasteiger partial charge in [-0.1, -0.05) is 0 Å². The van der Waals surface area contributed by atoms with E-state index in [-0.39, 0.29) is 12.0 Å². The summed E-state index contributed by atoms with van der Waals surface area (Å²) in [6.07, 6.45) is 7.36. The Bertz CT molecular complexity index is 785. The van der Waals surface area contributed by atoms with Gasteiger partial charge in [-0.15, -0.1) is 0 Å². The smallest absolute Gasteiger partial charge is 0.226 e. The van der Waals surface area contributed by atoms with Crippen LogP contribution in [0.4, 0.5) is 5.82 Å². The molecule has 2 fully saturated rings. The summed E-state index contributed by atoms with van der Waals surface area (Å²) in [5.41, 5.74) is 1.72. The van der Waals surface area contributed by atoms with Gasteiger partial charge in [-0.25, -0.2) is 4.98 Å². The third kappa shape index (κ3) is 3.17.